The van der Waals surface area contributed by atoms with Gasteiger partial charge in [0, 0.05) is 24.2 Å². The zero-order valence-corrected chi connectivity index (χ0v) is 17.2. The fourth-order valence-electron chi connectivity index (χ4n) is 2.29. The largest absolute Gasteiger partial charge is 0.449 e. The van der Waals surface area contributed by atoms with Gasteiger partial charge < -0.3 is 20.1 Å². The maximum absolute atomic E-state index is 12.6. The number of nitrogens with one attached hydrogen (secondary N) is 2. The van der Waals surface area contributed by atoms with Gasteiger partial charge in [-0.3, -0.25) is 9.59 Å². The van der Waals surface area contributed by atoms with E-state index in [0.717, 1.165) is 0 Å². The Morgan fingerprint density at radius 2 is 1.72 bits per heavy atom. The normalized spacial score (nSPS) is 11.4. The lowest BCUT2D eigenvalue weighted by Gasteiger charge is -2.15. The molecular weight excluding hydrogens is 392 g/mol. The van der Waals surface area contributed by atoms with Crippen LogP contribution in [0.5, 0.6) is 0 Å². The summed E-state index contributed by atoms with van der Waals surface area (Å²) in [4.78, 5) is 37.3. The molecule has 0 radical (unpaired) electrons. The highest BCUT2D eigenvalue weighted by Crippen LogP contribution is 2.23. The van der Waals surface area contributed by atoms with Crippen molar-refractivity contribution in [3.63, 3.8) is 0 Å². The topological polar surface area (TPSA) is 93.7 Å². The zero-order valence-electron chi connectivity index (χ0n) is 16.3. The smallest absolute Gasteiger partial charge is 0.340 e. The van der Waals surface area contributed by atoms with Crippen molar-refractivity contribution in [2.24, 2.45) is 0 Å². The first-order valence-electron chi connectivity index (χ1n) is 9.05. The summed E-state index contributed by atoms with van der Waals surface area (Å²) in [6, 6.07) is 15.7. The van der Waals surface area contributed by atoms with Crippen molar-refractivity contribution in [3.8, 4) is 0 Å². The average Bonchev–Trinajstić information content (AvgIpc) is 2.73. The van der Waals surface area contributed by atoms with Gasteiger partial charge in [-0.1, -0.05) is 30.3 Å². The van der Waals surface area contributed by atoms with E-state index in [0.29, 0.717) is 29.3 Å². The van der Waals surface area contributed by atoms with Crippen LogP contribution in [0.25, 0.3) is 0 Å². The number of hydrogen-bond donors (Lipinski definition) is 2. The zero-order chi connectivity index (χ0) is 21.1. The van der Waals surface area contributed by atoms with Crippen LogP contribution < -0.4 is 10.6 Å². The molecule has 2 N–H and O–H groups in total. The number of amides is 2. The van der Waals surface area contributed by atoms with Crippen LogP contribution in [0.15, 0.2) is 59.5 Å². The molecule has 0 unspecified atom stereocenters. The third-order valence-electron chi connectivity index (χ3n) is 3.79. The predicted molar refractivity (Wildman–Crippen MR) is 112 cm³/mol. The second kappa shape index (κ2) is 11.9. The number of rotatable bonds is 10. The number of hydrogen-bond acceptors (Lipinski definition) is 6. The number of ether oxygens (including phenoxy) is 2. The molecule has 29 heavy (non-hydrogen) atoms. The van der Waals surface area contributed by atoms with Crippen molar-refractivity contribution in [1.82, 2.24) is 5.32 Å². The molecule has 0 saturated heterocycles. The minimum atomic E-state index is -0.974. The molecule has 0 bridgehead atoms. The molecule has 154 valence electrons. The number of methoxy groups -OCH3 is 1. The van der Waals surface area contributed by atoms with Crippen LogP contribution in [-0.4, -0.2) is 49.9 Å². The number of thioether (sulfide) groups is 1. The second-order valence-electron chi connectivity index (χ2n) is 6.03. The van der Waals surface area contributed by atoms with E-state index in [-0.39, 0.29) is 11.7 Å². The molecule has 2 aromatic rings. The number of para-hydroxylation sites is 1. The first kappa shape index (κ1) is 22.4. The van der Waals surface area contributed by atoms with Crippen molar-refractivity contribution in [2.75, 3.05) is 31.3 Å². The first-order valence-corrected chi connectivity index (χ1v) is 10.0. The Morgan fingerprint density at radius 1 is 1.03 bits per heavy atom. The van der Waals surface area contributed by atoms with Crippen LogP contribution in [0.2, 0.25) is 0 Å². The summed E-state index contributed by atoms with van der Waals surface area (Å²) in [5.74, 6) is -1.06. The van der Waals surface area contributed by atoms with Gasteiger partial charge in [-0.25, -0.2) is 4.79 Å². The van der Waals surface area contributed by atoms with Crippen LogP contribution in [-0.2, 0) is 19.1 Å². The lowest BCUT2D eigenvalue weighted by atomic mass is 10.2. The van der Waals surface area contributed by atoms with Crippen LogP contribution in [0.1, 0.15) is 17.3 Å². The monoisotopic (exact) mass is 416 g/mol. The predicted octanol–water partition coefficient (Wildman–Crippen LogP) is 2.73. The van der Waals surface area contributed by atoms with E-state index < -0.39 is 18.0 Å². The summed E-state index contributed by atoms with van der Waals surface area (Å²) < 4.78 is 10.2. The Morgan fingerprint density at radius 3 is 2.45 bits per heavy atom. The summed E-state index contributed by atoms with van der Waals surface area (Å²) in [7, 11) is 1.56. The van der Waals surface area contributed by atoms with Gasteiger partial charge in [-0.15, -0.1) is 11.8 Å². The molecule has 7 nitrogen and oxygen atoms in total. The van der Waals surface area contributed by atoms with E-state index in [2.05, 4.69) is 10.6 Å². The number of anilines is 1. The highest BCUT2D eigenvalue weighted by atomic mass is 32.2. The van der Waals surface area contributed by atoms with Crippen molar-refractivity contribution < 1.29 is 23.9 Å². The summed E-state index contributed by atoms with van der Waals surface area (Å²) in [5, 5.41) is 5.41. The average molecular weight is 416 g/mol. The third kappa shape index (κ3) is 7.59. The van der Waals surface area contributed by atoms with Gasteiger partial charge in [0.2, 0.25) is 5.91 Å². The summed E-state index contributed by atoms with van der Waals surface area (Å²) in [5.41, 5.74) is 0.928. The Hall–Kier alpha value is -2.84. The van der Waals surface area contributed by atoms with E-state index >= 15 is 0 Å². The Labute approximate surface area is 174 Å². The van der Waals surface area contributed by atoms with E-state index in [9.17, 15) is 14.4 Å². The highest BCUT2D eigenvalue weighted by molar-refractivity contribution is 8.00. The van der Waals surface area contributed by atoms with Crippen LogP contribution in [0.3, 0.4) is 0 Å². The van der Waals surface area contributed by atoms with Gasteiger partial charge in [-0.05, 0) is 31.2 Å². The standard InChI is InChI=1S/C21H24N2O5S/c1-15(20(25)23-16-8-4-3-5-9-16)28-21(26)17-10-6-7-11-18(17)29-14-19(24)22-12-13-27-2/h3-11,15H,12-14H2,1-2H3,(H,22,24)(H,23,25)/t15-/m0/s1. The molecule has 0 fully saturated rings. The molecule has 1 atom stereocenters. The molecule has 0 aromatic heterocycles. The fraction of sp³-hybridized carbons (Fsp3) is 0.286. The Kier molecular flexibility index (Phi) is 9.20. The quantitative estimate of drug-likeness (QED) is 0.351. The van der Waals surface area contributed by atoms with E-state index in [1.807, 2.05) is 6.07 Å². The number of esters is 1. The summed E-state index contributed by atoms with van der Waals surface area (Å²) in [6.45, 7) is 2.37. The van der Waals surface area contributed by atoms with E-state index in [1.54, 1.807) is 55.6 Å². The van der Waals surface area contributed by atoms with Gasteiger partial charge in [-0.2, -0.15) is 0 Å². The lowest BCUT2D eigenvalue weighted by Crippen LogP contribution is -2.30. The number of carbonyl (C=O) groups excluding carboxylic acids is 3. The molecule has 0 aliphatic rings. The van der Waals surface area contributed by atoms with Crippen molar-refractivity contribution in [2.45, 2.75) is 17.9 Å². The maximum atomic E-state index is 12.6. The van der Waals surface area contributed by atoms with Gasteiger partial charge in [0.25, 0.3) is 5.91 Å². The molecule has 0 aliphatic heterocycles. The SMILES string of the molecule is COCCNC(=O)CSc1ccccc1C(=O)O[C@@H](C)C(=O)Nc1ccccc1. The second-order valence-corrected chi connectivity index (χ2v) is 7.05. The molecule has 2 aromatic carbocycles. The maximum Gasteiger partial charge on any atom is 0.340 e. The molecule has 0 saturated carbocycles. The molecule has 0 aliphatic carbocycles. The van der Waals surface area contributed by atoms with Gasteiger partial charge in [0.1, 0.15) is 0 Å². The fourth-order valence-corrected chi connectivity index (χ4v) is 3.16. The Balaban J connectivity index is 1.93. The molecule has 0 spiro atoms. The van der Waals surface area contributed by atoms with Gasteiger partial charge in [0.05, 0.1) is 17.9 Å². The van der Waals surface area contributed by atoms with Crippen molar-refractivity contribution >= 4 is 35.2 Å². The first-order chi connectivity index (χ1) is 14.0. The number of benzene rings is 2. The van der Waals surface area contributed by atoms with Crippen LogP contribution in [0.4, 0.5) is 5.69 Å². The van der Waals surface area contributed by atoms with Gasteiger partial charge >= 0.3 is 5.97 Å². The van der Waals surface area contributed by atoms with Gasteiger partial charge in [0.15, 0.2) is 6.10 Å². The van der Waals surface area contributed by atoms with Crippen LogP contribution in [0, 0.1) is 0 Å². The van der Waals surface area contributed by atoms with E-state index in [1.165, 1.54) is 18.7 Å². The van der Waals surface area contributed by atoms with E-state index in [4.69, 9.17) is 9.47 Å². The molecule has 2 rings (SSSR count). The van der Waals surface area contributed by atoms with Crippen molar-refractivity contribution in [3.05, 3.63) is 60.2 Å². The lowest BCUT2D eigenvalue weighted by molar-refractivity contribution is -0.123. The summed E-state index contributed by atoms with van der Waals surface area (Å²) in [6.07, 6.45) is -0.974. The van der Waals surface area contributed by atoms with Crippen molar-refractivity contribution in [1.29, 1.82) is 0 Å². The third-order valence-corrected chi connectivity index (χ3v) is 4.86. The molecule has 8 heteroatoms. The minimum Gasteiger partial charge on any atom is -0.449 e. The molecular formula is C21H24N2O5S. The number of carbonyl (C=O) groups is 3. The molecule has 0 heterocycles. The molecule has 2 amide bonds. The Bertz CT molecular complexity index is 829. The highest BCUT2D eigenvalue weighted by Gasteiger charge is 2.21. The van der Waals surface area contributed by atoms with Crippen LogP contribution >= 0.6 is 11.8 Å². The summed E-state index contributed by atoms with van der Waals surface area (Å²) >= 11 is 1.23. The minimum absolute atomic E-state index is 0.151.